The lowest BCUT2D eigenvalue weighted by Crippen LogP contribution is -2.21. The number of carbonyl (C=O) groups is 2. The summed E-state index contributed by atoms with van der Waals surface area (Å²) in [7, 11) is 0. The van der Waals surface area contributed by atoms with Crippen molar-refractivity contribution in [1.29, 1.82) is 0 Å². The molecule has 1 aromatic heterocycles. The number of fused-ring (bicyclic) bond motifs is 2. The molecule has 2 heterocycles. The molecule has 2 aromatic rings. The molecule has 2 fully saturated rings. The van der Waals surface area contributed by atoms with Gasteiger partial charge in [0.15, 0.2) is 0 Å². The van der Waals surface area contributed by atoms with E-state index in [0.717, 1.165) is 29.3 Å². The molecule has 3 aliphatic rings. The lowest BCUT2D eigenvalue weighted by atomic mass is 9.93. The van der Waals surface area contributed by atoms with Crippen LogP contribution in [0.2, 0.25) is 0 Å². The van der Waals surface area contributed by atoms with Crippen molar-refractivity contribution in [3.8, 4) is 0 Å². The molecule has 2 saturated carbocycles. The van der Waals surface area contributed by atoms with Crippen LogP contribution in [0.4, 0.5) is 11.4 Å². The third-order valence-electron chi connectivity index (χ3n) is 5.78. The van der Waals surface area contributed by atoms with E-state index in [1.54, 1.807) is 18.3 Å². The second-order valence-electron chi connectivity index (χ2n) is 7.47. The highest BCUT2D eigenvalue weighted by Gasteiger charge is 2.68. The van der Waals surface area contributed by atoms with E-state index < -0.39 is 0 Å². The fourth-order valence-electron chi connectivity index (χ4n) is 4.29. The molecule has 2 N–H and O–H groups in total. The number of aromatic nitrogens is 1. The van der Waals surface area contributed by atoms with Crippen molar-refractivity contribution in [3.05, 3.63) is 53.3 Å². The first kappa shape index (κ1) is 14.6. The number of hydrogen-bond acceptors (Lipinski definition) is 3. The first-order valence-electron chi connectivity index (χ1n) is 8.78. The number of aryl methyl sites for hydroxylation is 1. The molecule has 2 aliphatic carbocycles. The van der Waals surface area contributed by atoms with E-state index in [2.05, 4.69) is 15.6 Å². The summed E-state index contributed by atoms with van der Waals surface area (Å²) in [4.78, 5) is 29.0. The molecule has 1 aromatic carbocycles. The van der Waals surface area contributed by atoms with E-state index in [4.69, 9.17) is 0 Å². The molecule has 5 nitrogen and oxygen atoms in total. The largest absolute Gasteiger partial charge is 0.325 e. The molecule has 126 valence electrons. The lowest BCUT2D eigenvalue weighted by molar-refractivity contribution is -0.118. The highest BCUT2D eigenvalue weighted by Crippen LogP contribution is 2.67. The summed E-state index contributed by atoms with van der Waals surface area (Å²) in [5.74, 6) is 1.19. The van der Waals surface area contributed by atoms with Crippen LogP contribution in [0.5, 0.6) is 0 Å². The van der Waals surface area contributed by atoms with Crippen LogP contribution in [0.3, 0.4) is 0 Å². The van der Waals surface area contributed by atoms with E-state index in [1.807, 2.05) is 25.1 Å². The first-order valence-corrected chi connectivity index (χ1v) is 8.78. The van der Waals surface area contributed by atoms with Crippen molar-refractivity contribution in [2.45, 2.75) is 31.6 Å². The Balaban J connectivity index is 1.40. The highest BCUT2D eigenvalue weighted by atomic mass is 16.2. The van der Waals surface area contributed by atoms with Gasteiger partial charge in [0.2, 0.25) is 5.91 Å². The van der Waals surface area contributed by atoms with Crippen LogP contribution in [0.15, 0.2) is 36.5 Å². The van der Waals surface area contributed by atoms with Gasteiger partial charge in [0.1, 0.15) is 0 Å². The number of amides is 2. The van der Waals surface area contributed by atoms with Gasteiger partial charge in [-0.25, -0.2) is 0 Å². The van der Waals surface area contributed by atoms with Crippen LogP contribution < -0.4 is 10.6 Å². The van der Waals surface area contributed by atoms with Gasteiger partial charge in [0.05, 0.1) is 5.41 Å². The molecule has 5 rings (SSSR count). The molecule has 1 spiro atoms. The van der Waals surface area contributed by atoms with Gasteiger partial charge < -0.3 is 10.6 Å². The number of benzene rings is 1. The van der Waals surface area contributed by atoms with Crippen molar-refractivity contribution in [3.63, 3.8) is 0 Å². The number of pyridine rings is 1. The summed E-state index contributed by atoms with van der Waals surface area (Å²) < 4.78 is 0. The number of nitrogens with one attached hydrogen (secondary N) is 2. The van der Waals surface area contributed by atoms with Crippen LogP contribution in [-0.4, -0.2) is 16.8 Å². The summed E-state index contributed by atoms with van der Waals surface area (Å²) >= 11 is 0. The Morgan fingerprint density at radius 2 is 2.12 bits per heavy atom. The maximum Gasteiger partial charge on any atom is 0.255 e. The van der Waals surface area contributed by atoms with Gasteiger partial charge in [0, 0.05) is 28.8 Å². The molecule has 2 atom stereocenters. The number of nitrogens with zero attached hydrogens (tertiary/aromatic N) is 1. The van der Waals surface area contributed by atoms with E-state index in [9.17, 15) is 9.59 Å². The zero-order valence-electron chi connectivity index (χ0n) is 14.0. The number of anilines is 2. The maximum absolute atomic E-state index is 12.5. The minimum atomic E-state index is -0.290. The lowest BCUT2D eigenvalue weighted by Gasteiger charge is -2.10. The van der Waals surface area contributed by atoms with Crippen LogP contribution in [0, 0.1) is 18.8 Å². The summed E-state index contributed by atoms with van der Waals surface area (Å²) in [5, 5.41) is 5.93. The van der Waals surface area contributed by atoms with Crippen LogP contribution >= 0.6 is 0 Å². The Labute approximate surface area is 145 Å². The minimum Gasteiger partial charge on any atom is -0.325 e. The third kappa shape index (κ3) is 2.18. The molecular weight excluding hydrogens is 314 g/mol. The Morgan fingerprint density at radius 3 is 2.88 bits per heavy atom. The molecule has 5 heteroatoms. The Kier molecular flexibility index (Phi) is 2.87. The third-order valence-corrected chi connectivity index (χ3v) is 5.78. The van der Waals surface area contributed by atoms with E-state index in [0.29, 0.717) is 17.2 Å². The minimum absolute atomic E-state index is 0.132. The average Bonchev–Trinajstić information content (AvgIpc) is 3.47. The number of hydrogen-bond donors (Lipinski definition) is 2. The summed E-state index contributed by atoms with van der Waals surface area (Å²) in [6, 6.07) is 9.22. The van der Waals surface area contributed by atoms with Crippen molar-refractivity contribution in [1.82, 2.24) is 4.98 Å². The van der Waals surface area contributed by atoms with Crippen molar-refractivity contribution in [2.75, 3.05) is 10.6 Å². The molecule has 2 amide bonds. The quantitative estimate of drug-likeness (QED) is 0.905. The van der Waals surface area contributed by atoms with E-state index >= 15 is 0 Å². The van der Waals surface area contributed by atoms with Crippen molar-refractivity contribution >= 4 is 23.2 Å². The SMILES string of the molecule is Cc1cc(C(=O)Nc2ccc3c(c2)NC(=O)[C@@]32CC2C2CC2)ccn1. The van der Waals surface area contributed by atoms with E-state index in [-0.39, 0.29) is 17.2 Å². The second kappa shape index (κ2) is 4.91. The zero-order chi connectivity index (χ0) is 17.2. The fraction of sp³-hybridized carbons (Fsp3) is 0.350. The van der Waals surface area contributed by atoms with Crippen LogP contribution in [-0.2, 0) is 10.2 Å². The van der Waals surface area contributed by atoms with E-state index in [1.165, 1.54) is 12.8 Å². The van der Waals surface area contributed by atoms with Gasteiger partial charge in [-0.3, -0.25) is 14.6 Å². The Bertz CT molecular complexity index is 919. The highest BCUT2D eigenvalue weighted by molar-refractivity contribution is 6.10. The van der Waals surface area contributed by atoms with Crippen molar-refractivity contribution < 1.29 is 9.59 Å². The van der Waals surface area contributed by atoms with Gasteiger partial charge >= 0.3 is 0 Å². The van der Waals surface area contributed by atoms with Crippen molar-refractivity contribution in [2.24, 2.45) is 11.8 Å². The molecule has 0 radical (unpaired) electrons. The van der Waals surface area contributed by atoms with Gasteiger partial charge in [-0.05, 0) is 67.9 Å². The van der Waals surface area contributed by atoms with Gasteiger partial charge in [0.25, 0.3) is 5.91 Å². The normalized spacial score (nSPS) is 26.3. The smallest absolute Gasteiger partial charge is 0.255 e. The monoisotopic (exact) mass is 333 g/mol. The Morgan fingerprint density at radius 1 is 1.28 bits per heavy atom. The first-order chi connectivity index (χ1) is 12.1. The molecule has 0 bridgehead atoms. The van der Waals surface area contributed by atoms with Crippen LogP contribution in [0.1, 0.15) is 40.9 Å². The molecular formula is C20H19N3O2. The number of rotatable bonds is 3. The summed E-state index contributed by atoms with van der Waals surface area (Å²) in [6.07, 6.45) is 5.11. The predicted octanol–water partition coefficient (Wildman–Crippen LogP) is 3.26. The van der Waals surface area contributed by atoms with Crippen LogP contribution in [0.25, 0.3) is 0 Å². The summed E-state index contributed by atoms with van der Waals surface area (Å²) in [6.45, 7) is 1.85. The predicted molar refractivity (Wildman–Crippen MR) is 94.5 cm³/mol. The standard InChI is InChI=1S/C20H19N3O2/c1-11-8-13(6-7-21-11)18(24)22-14-4-5-15-17(9-14)23-19(25)20(15)10-16(20)12-2-3-12/h4-9,12,16H,2-3,10H2,1H3,(H,22,24)(H,23,25)/t16?,20-/m0/s1. The summed E-state index contributed by atoms with van der Waals surface area (Å²) in [5.41, 5.74) is 3.73. The zero-order valence-corrected chi connectivity index (χ0v) is 14.0. The average molecular weight is 333 g/mol. The van der Waals surface area contributed by atoms with Gasteiger partial charge in [-0.2, -0.15) is 0 Å². The Hall–Kier alpha value is -2.69. The molecule has 1 unspecified atom stereocenters. The molecule has 1 aliphatic heterocycles. The second-order valence-corrected chi connectivity index (χ2v) is 7.47. The topological polar surface area (TPSA) is 71.1 Å². The molecule has 25 heavy (non-hydrogen) atoms. The van der Waals surface area contributed by atoms with Gasteiger partial charge in [-0.1, -0.05) is 6.07 Å². The van der Waals surface area contributed by atoms with Gasteiger partial charge in [-0.15, -0.1) is 0 Å². The number of carbonyl (C=O) groups excluding carboxylic acids is 2. The maximum atomic E-state index is 12.5. The molecule has 0 saturated heterocycles. The fourth-order valence-corrected chi connectivity index (χ4v) is 4.29.